The molecule has 78 valence electrons. The van der Waals surface area contributed by atoms with Crippen molar-refractivity contribution in [3.8, 4) is 0 Å². The number of carbonyl (C=O) groups excluding carboxylic acids is 1. The SMILES string of the molecule is CCCOC(=O)C(O)CCC(C)C. The van der Waals surface area contributed by atoms with Crippen molar-refractivity contribution >= 4 is 5.97 Å². The number of carbonyl (C=O) groups is 1. The predicted molar refractivity (Wildman–Crippen MR) is 51.3 cm³/mol. The molecule has 1 atom stereocenters. The normalized spacial score (nSPS) is 13.0. The molecule has 0 aliphatic carbocycles. The van der Waals surface area contributed by atoms with E-state index in [-0.39, 0.29) is 0 Å². The van der Waals surface area contributed by atoms with Crippen molar-refractivity contribution in [2.24, 2.45) is 5.92 Å². The first-order valence-electron chi connectivity index (χ1n) is 4.92. The molecule has 0 aromatic rings. The molecule has 3 heteroatoms. The van der Waals surface area contributed by atoms with Crippen molar-refractivity contribution in [1.82, 2.24) is 0 Å². The van der Waals surface area contributed by atoms with Crippen LogP contribution >= 0.6 is 0 Å². The van der Waals surface area contributed by atoms with Crippen molar-refractivity contribution in [1.29, 1.82) is 0 Å². The molecule has 0 bridgehead atoms. The summed E-state index contributed by atoms with van der Waals surface area (Å²) in [6.07, 6.45) is 1.21. The Bertz CT molecular complexity index is 143. The average Bonchev–Trinajstić information content (AvgIpc) is 2.10. The second-order valence-electron chi connectivity index (χ2n) is 3.65. The van der Waals surface area contributed by atoms with Crippen LogP contribution in [-0.2, 0) is 9.53 Å². The van der Waals surface area contributed by atoms with Gasteiger partial charge in [0.05, 0.1) is 6.61 Å². The van der Waals surface area contributed by atoms with Crippen LogP contribution in [-0.4, -0.2) is 23.8 Å². The third-order valence-corrected chi connectivity index (χ3v) is 1.74. The van der Waals surface area contributed by atoms with Crippen molar-refractivity contribution in [3.05, 3.63) is 0 Å². The molecular formula is C10H20O3. The molecule has 0 rings (SSSR count). The number of aliphatic hydroxyl groups excluding tert-OH is 1. The quantitative estimate of drug-likeness (QED) is 0.646. The summed E-state index contributed by atoms with van der Waals surface area (Å²) in [6.45, 7) is 6.44. The summed E-state index contributed by atoms with van der Waals surface area (Å²) in [5.74, 6) is 0.0242. The van der Waals surface area contributed by atoms with E-state index in [0.29, 0.717) is 18.9 Å². The lowest BCUT2D eigenvalue weighted by atomic mass is 10.1. The van der Waals surface area contributed by atoms with Gasteiger partial charge in [-0.05, 0) is 25.2 Å². The van der Waals surface area contributed by atoms with Crippen molar-refractivity contribution in [2.75, 3.05) is 6.61 Å². The van der Waals surface area contributed by atoms with E-state index in [2.05, 4.69) is 13.8 Å². The summed E-state index contributed by atoms with van der Waals surface area (Å²) in [5.41, 5.74) is 0. The monoisotopic (exact) mass is 188 g/mol. The number of hydrogen-bond donors (Lipinski definition) is 1. The molecule has 0 amide bonds. The fourth-order valence-corrected chi connectivity index (χ4v) is 0.908. The standard InChI is InChI=1S/C10H20O3/c1-4-7-13-10(12)9(11)6-5-8(2)3/h8-9,11H,4-7H2,1-3H3. The lowest BCUT2D eigenvalue weighted by Gasteiger charge is -2.11. The number of hydrogen-bond acceptors (Lipinski definition) is 3. The Morgan fingerprint density at radius 1 is 1.38 bits per heavy atom. The Morgan fingerprint density at radius 3 is 2.46 bits per heavy atom. The van der Waals surface area contributed by atoms with Crippen LogP contribution in [0.3, 0.4) is 0 Å². The topological polar surface area (TPSA) is 46.5 Å². The van der Waals surface area contributed by atoms with Crippen LogP contribution in [0.15, 0.2) is 0 Å². The molecule has 0 aromatic carbocycles. The number of rotatable bonds is 6. The third-order valence-electron chi connectivity index (χ3n) is 1.74. The molecule has 1 N–H and O–H groups in total. The molecule has 0 aromatic heterocycles. The van der Waals surface area contributed by atoms with E-state index in [4.69, 9.17) is 4.74 Å². The van der Waals surface area contributed by atoms with Gasteiger partial charge in [0.1, 0.15) is 0 Å². The summed E-state index contributed by atoms with van der Waals surface area (Å²) < 4.78 is 4.80. The number of aliphatic hydroxyl groups is 1. The van der Waals surface area contributed by atoms with Crippen molar-refractivity contribution in [3.63, 3.8) is 0 Å². The minimum absolute atomic E-state index is 0.400. The van der Waals surface area contributed by atoms with Crippen LogP contribution in [0.25, 0.3) is 0 Å². The van der Waals surface area contributed by atoms with Crippen LogP contribution < -0.4 is 0 Å². The van der Waals surface area contributed by atoms with Gasteiger partial charge < -0.3 is 9.84 Å². The third kappa shape index (κ3) is 6.58. The molecule has 0 saturated heterocycles. The highest BCUT2D eigenvalue weighted by molar-refractivity contribution is 5.74. The fourth-order valence-electron chi connectivity index (χ4n) is 0.908. The van der Waals surface area contributed by atoms with Gasteiger partial charge in [-0.25, -0.2) is 4.79 Å². The van der Waals surface area contributed by atoms with Crippen molar-refractivity contribution in [2.45, 2.75) is 46.1 Å². The zero-order valence-corrected chi connectivity index (χ0v) is 8.75. The predicted octanol–water partition coefficient (Wildman–Crippen LogP) is 1.74. The van der Waals surface area contributed by atoms with Crippen LogP contribution in [0.1, 0.15) is 40.0 Å². The minimum atomic E-state index is -0.936. The van der Waals surface area contributed by atoms with Crippen LogP contribution in [0.5, 0.6) is 0 Å². The van der Waals surface area contributed by atoms with Gasteiger partial charge in [-0.3, -0.25) is 0 Å². The first-order valence-corrected chi connectivity index (χ1v) is 4.92. The molecule has 0 heterocycles. The highest BCUT2D eigenvalue weighted by atomic mass is 16.5. The molecule has 13 heavy (non-hydrogen) atoms. The van der Waals surface area contributed by atoms with E-state index in [1.807, 2.05) is 6.92 Å². The Balaban J connectivity index is 3.57. The van der Waals surface area contributed by atoms with E-state index in [1.54, 1.807) is 0 Å². The van der Waals surface area contributed by atoms with Gasteiger partial charge in [-0.15, -0.1) is 0 Å². The largest absolute Gasteiger partial charge is 0.464 e. The lowest BCUT2D eigenvalue weighted by Crippen LogP contribution is -2.23. The molecule has 3 nitrogen and oxygen atoms in total. The molecule has 0 spiro atoms. The zero-order chi connectivity index (χ0) is 10.3. The summed E-state index contributed by atoms with van der Waals surface area (Å²) in [5, 5.41) is 9.32. The number of ether oxygens (including phenoxy) is 1. The van der Waals surface area contributed by atoms with Gasteiger partial charge in [0.15, 0.2) is 6.10 Å². The first-order chi connectivity index (χ1) is 6.07. The molecule has 0 saturated carbocycles. The van der Waals surface area contributed by atoms with E-state index in [0.717, 1.165) is 12.8 Å². The summed E-state index contributed by atoms with van der Waals surface area (Å²) in [4.78, 5) is 11.0. The average molecular weight is 188 g/mol. The van der Waals surface area contributed by atoms with Gasteiger partial charge in [0.25, 0.3) is 0 Å². The van der Waals surface area contributed by atoms with Gasteiger partial charge >= 0.3 is 5.97 Å². The lowest BCUT2D eigenvalue weighted by molar-refractivity contribution is -0.154. The van der Waals surface area contributed by atoms with E-state index in [9.17, 15) is 9.90 Å². The minimum Gasteiger partial charge on any atom is -0.464 e. The molecule has 0 fully saturated rings. The van der Waals surface area contributed by atoms with Gasteiger partial charge in [0, 0.05) is 0 Å². The smallest absolute Gasteiger partial charge is 0.334 e. The fraction of sp³-hybridized carbons (Fsp3) is 0.900. The molecule has 0 aliphatic rings. The van der Waals surface area contributed by atoms with E-state index in [1.165, 1.54) is 0 Å². The molecule has 0 aliphatic heterocycles. The Kier molecular flexibility index (Phi) is 6.59. The number of esters is 1. The Morgan fingerprint density at radius 2 is 2.00 bits per heavy atom. The molecule has 0 radical (unpaired) electrons. The van der Waals surface area contributed by atoms with Gasteiger partial charge in [0.2, 0.25) is 0 Å². The van der Waals surface area contributed by atoms with Crippen LogP contribution in [0.2, 0.25) is 0 Å². The maximum absolute atomic E-state index is 11.0. The highest BCUT2D eigenvalue weighted by Gasteiger charge is 2.15. The molecule has 1 unspecified atom stereocenters. The highest BCUT2D eigenvalue weighted by Crippen LogP contribution is 2.07. The summed E-state index contributed by atoms with van der Waals surface area (Å²) in [7, 11) is 0. The zero-order valence-electron chi connectivity index (χ0n) is 8.75. The summed E-state index contributed by atoms with van der Waals surface area (Å²) in [6, 6.07) is 0. The van der Waals surface area contributed by atoms with Crippen LogP contribution in [0, 0.1) is 5.92 Å². The summed E-state index contributed by atoms with van der Waals surface area (Å²) >= 11 is 0. The maximum atomic E-state index is 11.0. The Hall–Kier alpha value is -0.570. The van der Waals surface area contributed by atoms with E-state index < -0.39 is 12.1 Å². The van der Waals surface area contributed by atoms with E-state index >= 15 is 0 Å². The second-order valence-corrected chi connectivity index (χ2v) is 3.65. The maximum Gasteiger partial charge on any atom is 0.334 e. The Labute approximate surface area is 80.1 Å². The van der Waals surface area contributed by atoms with Crippen molar-refractivity contribution < 1.29 is 14.6 Å². The first kappa shape index (κ1) is 12.4. The van der Waals surface area contributed by atoms with Crippen LogP contribution in [0.4, 0.5) is 0 Å². The van der Waals surface area contributed by atoms with Gasteiger partial charge in [-0.1, -0.05) is 20.8 Å². The molecular weight excluding hydrogens is 168 g/mol. The second kappa shape index (κ2) is 6.89. The van der Waals surface area contributed by atoms with Gasteiger partial charge in [-0.2, -0.15) is 0 Å².